The van der Waals surface area contributed by atoms with Gasteiger partial charge in [0.15, 0.2) is 5.15 Å². The number of halogens is 1. The molecule has 0 saturated carbocycles. The van der Waals surface area contributed by atoms with Gasteiger partial charge in [-0.3, -0.25) is 0 Å². The zero-order valence-electron chi connectivity index (χ0n) is 8.03. The molecule has 2 heterocycles. The standard InChI is InChI=1S/C9H12ClN3O/c1-6-11-9(10)8(13-12-6)7-2-4-14-5-3-7/h7H,2-5H2,1H3. The van der Waals surface area contributed by atoms with E-state index in [4.69, 9.17) is 16.3 Å². The van der Waals surface area contributed by atoms with Crippen LogP contribution in [0.5, 0.6) is 0 Å². The number of aryl methyl sites for hydroxylation is 1. The van der Waals surface area contributed by atoms with E-state index in [0.29, 0.717) is 16.9 Å². The fraction of sp³-hybridized carbons (Fsp3) is 0.667. The summed E-state index contributed by atoms with van der Waals surface area (Å²) < 4.78 is 5.27. The van der Waals surface area contributed by atoms with Gasteiger partial charge in [0.2, 0.25) is 0 Å². The first-order chi connectivity index (χ1) is 6.77. The van der Waals surface area contributed by atoms with E-state index in [1.54, 1.807) is 6.92 Å². The molecule has 1 fully saturated rings. The highest BCUT2D eigenvalue weighted by Gasteiger charge is 2.21. The van der Waals surface area contributed by atoms with E-state index in [9.17, 15) is 0 Å². The van der Waals surface area contributed by atoms with Crippen molar-refractivity contribution in [2.24, 2.45) is 0 Å². The SMILES string of the molecule is Cc1nnc(C2CCOCC2)c(Cl)n1. The summed E-state index contributed by atoms with van der Waals surface area (Å²) in [7, 11) is 0. The molecule has 0 spiro atoms. The normalized spacial score (nSPS) is 18.4. The fourth-order valence-electron chi connectivity index (χ4n) is 1.61. The first kappa shape index (κ1) is 9.80. The van der Waals surface area contributed by atoms with Crippen molar-refractivity contribution in [2.45, 2.75) is 25.7 Å². The molecule has 1 saturated heterocycles. The van der Waals surface area contributed by atoms with Crippen molar-refractivity contribution in [3.63, 3.8) is 0 Å². The number of ether oxygens (including phenoxy) is 1. The van der Waals surface area contributed by atoms with Crippen LogP contribution in [0, 0.1) is 6.92 Å². The molecule has 0 amide bonds. The summed E-state index contributed by atoms with van der Waals surface area (Å²) in [5.74, 6) is 0.975. The molecule has 1 aromatic heterocycles. The molecule has 0 radical (unpaired) electrons. The highest BCUT2D eigenvalue weighted by molar-refractivity contribution is 6.30. The third-order valence-electron chi connectivity index (χ3n) is 2.38. The van der Waals surface area contributed by atoms with Crippen LogP contribution in [0.3, 0.4) is 0 Å². The lowest BCUT2D eigenvalue weighted by Gasteiger charge is -2.21. The minimum Gasteiger partial charge on any atom is -0.381 e. The Hall–Kier alpha value is -0.740. The van der Waals surface area contributed by atoms with Gasteiger partial charge in [-0.1, -0.05) is 11.6 Å². The predicted octanol–water partition coefficient (Wildman–Crippen LogP) is 1.73. The first-order valence-electron chi connectivity index (χ1n) is 4.72. The van der Waals surface area contributed by atoms with Crippen LogP contribution >= 0.6 is 11.6 Å². The van der Waals surface area contributed by atoms with Crippen LogP contribution in [0.4, 0.5) is 0 Å². The van der Waals surface area contributed by atoms with E-state index >= 15 is 0 Å². The van der Waals surface area contributed by atoms with E-state index < -0.39 is 0 Å². The van der Waals surface area contributed by atoms with E-state index in [0.717, 1.165) is 31.7 Å². The number of hydrogen-bond donors (Lipinski definition) is 0. The second kappa shape index (κ2) is 4.19. The maximum absolute atomic E-state index is 6.01. The average Bonchev–Trinajstić information content (AvgIpc) is 2.19. The van der Waals surface area contributed by atoms with Crippen molar-refractivity contribution < 1.29 is 4.74 Å². The van der Waals surface area contributed by atoms with Crippen molar-refractivity contribution in [2.75, 3.05) is 13.2 Å². The van der Waals surface area contributed by atoms with Crippen LogP contribution < -0.4 is 0 Å². The molecular formula is C9H12ClN3O. The highest BCUT2D eigenvalue weighted by Crippen LogP contribution is 2.28. The lowest BCUT2D eigenvalue weighted by Crippen LogP contribution is -2.16. The van der Waals surface area contributed by atoms with Crippen LogP contribution in [-0.2, 0) is 4.74 Å². The Morgan fingerprint density at radius 2 is 2.00 bits per heavy atom. The molecule has 76 valence electrons. The molecule has 5 heteroatoms. The molecule has 0 atom stereocenters. The van der Waals surface area contributed by atoms with Gasteiger partial charge in [-0.2, -0.15) is 5.10 Å². The van der Waals surface area contributed by atoms with Gasteiger partial charge in [0, 0.05) is 19.1 Å². The second-order valence-corrected chi connectivity index (χ2v) is 3.78. The van der Waals surface area contributed by atoms with Crippen LogP contribution in [0.15, 0.2) is 0 Å². The van der Waals surface area contributed by atoms with Crippen LogP contribution in [0.1, 0.15) is 30.3 Å². The van der Waals surface area contributed by atoms with Crippen molar-refractivity contribution in [1.82, 2.24) is 15.2 Å². The van der Waals surface area contributed by atoms with Crippen LogP contribution in [0.2, 0.25) is 5.15 Å². The van der Waals surface area contributed by atoms with Gasteiger partial charge in [0.1, 0.15) is 11.5 Å². The van der Waals surface area contributed by atoms with E-state index in [2.05, 4.69) is 15.2 Å². The molecular weight excluding hydrogens is 202 g/mol. The van der Waals surface area contributed by atoms with Gasteiger partial charge in [-0.25, -0.2) is 4.98 Å². The number of hydrogen-bond acceptors (Lipinski definition) is 4. The molecule has 1 aliphatic rings. The molecule has 0 N–H and O–H groups in total. The Kier molecular flexibility index (Phi) is 2.93. The molecule has 2 rings (SSSR count). The molecule has 0 bridgehead atoms. The Balaban J connectivity index is 2.22. The quantitative estimate of drug-likeness (QED) is 0.713. The number of rotatable bonds is 1. The predicted molar refractivity (Wildman–Crippen MR) is 52.4 cm³/mol. The maximum Gasteiger partial charge on any atom is 0.154 e. The topological polar surface area (TPSA) is 47.9 Å². The summed E-state index contributed by atoms with van der Waals surface area (Å²) in [5.41, 5.74) is 0.820. The van der Waals surface area contributed by atoms with Gasteiger partial charge >= 0.3 is 0 Å². The van der Waals surface area contributed by atoms with Gasteiger partial charge in [0.25, 0.3) is 0 Å². The summed E-state index contributed by atoms with van der Waals surface area (Å²) >= 11 is 6.01. The van der Waals surface area contributed by atoms with Gasteiger partial charge in [0.05, 0.1) is 0 Å². The first-order valence-corrected chi connectivity index (χ1v) is 5.09. The van der Waals surface area contributed by atoms with Gasteiger partial charge in [-0.15, -0.1) is 5.10 Å². The Morgan fingerprint density at radius 3 is 2.64 bits per heavy atom. The van der Waals surface area contributed by atoms with E-state index in [1.807, 2.05) is 0 Å². The molecule has 0 aliphatic carbocycles. The largest absolute Gasteiger partial charge is 0.381 e. The fourth-order valence-corrected chi connectivity index (χ4v) is 1.92. The van der Waals surface area contributed by atoms with E-state index in [-0.39, 0.29) is 0 Å². The minimum absolute atomic E-state index is 0.358. The summed E-state index contributed by atoms with van der Waals surface area (Å²) in [6, 6.07) is 0. The summed E-state index contributed by atoms with van der Waals surface area (Å²) in [6.45, 7) is 3.33. The zero-order chi connectivity index (χ0) is 9.97. The van der Waals surface area contributed by atoms with Crippen molar-refractivity contribution in [1.29, 1.82) is 0 Å². The third-order valence-corrected chi connectivity index (χ3v) is 2.66. The van der Waals surface area contributed by atoms with E-state index in [1.165, 1.54) is 0 Å². The van der Waals surface area contributed by atoms with Crippen molar-refractivity contribution >= 4 is 11.6 Å². The Bertz CT molecular complexity index is 326. The maximum atomic E-state index is 6.01. The molecule has 0 unspecified atom stereocenters. The minimum atomic E-state index is 0.358. The average molecular weight is 214 g/mol. The highest BCUT2D eigenvalue weighted by atomic mass is 35.5. The molecule has 14 heavy (non-hydrogen) atoms. The third kappa shape index (κ3) is 2.01. The Labute approximate surface area is 87.7 Å². The van der Waals surface area contributed by atoms with Gasteiger partial charge < -0.3 is 4.74 Å². The molecule has 1 aliphatic heterocycles. The molecule has 4 nitrogen and oxygen atoms in total. The van der Waals surface area contributed by atoms with Crippen molar-refractivity contribution in [3.05, 3.63) is 16.7 Å². The zero-order valence-corrected chi connectivity index (χ0v) is 8.79. The monoisotopic (exact) mass is 213 g/mol. The summed E-state index contributed by atoms with van der Waals surface area (Å²) in [5, 5.41) is 8.52. The summed E-state index contributed by atoms with van der Waals surface area (Å²) in [6.07, 6.45) is 1.91. The second-order valence-electron chi connectivity index (χ2n) is 3.42. The van der Waals surface area contributed by atoms with Crippen LogP contribution in [0.25, 0.3) is 0 Å². The number of nitrogens with zero attached hydrogens (tertiary/aromatic N) is 3. The molecule has 0 aromatic carbocycles. The van der Waals surface area contributed by atoms with Crippen LogP contribution in [-0.4, -0.2) is 28.4 Å². The lowest BCUT2D eigenvalue weighted by molar-refractivity contribution is 0.0842. The summed E-state index contributed by atoms with van der Waals surface area (Å²) in [4.78, 5) is 4.10. The number of aromatic nitrogens is 3. The molecule has 1 aromatic rings. The Morgan fingerprint density at radius 1 is 1.29 bits per heavy atom. The van der Waals surface area contributed by atoms with Gasteiger partial charge in [-0.05, 0) is 19.8 Å². The van der Waals surface area contributed by atoms with Crippen molar-refractivity contribution in [3.8, 4) is 0 Å². The smallest absolute Gasteiger partial charge is 0.154 e. The lowest BCUT2D eigenvalue weighted by atomic mass is 9.97.